The van der Waals surface area contributed by atoms with E-state index >= 15 is 0 Å². The van der Waals surface area contributed by atoms with E-state index in [4.69, 9.17) is 14.2 Å². The maximum atomic E-state index is 12.3. The van der Waals surface area contributed by atoms with E-state index in [2.05, 4.69) is 0 Å². The van der Waals surface area contributed by atoms with E-state index in [9.17, 15) is 4.79 Å². The molecular formula is C15H22O4. The number of esters is 1. The van der Waals surface area contributed by atoms with Gasteiger partial charge in [0.05, 0.1) is 13.2 Å². The van der Waals surface area contributed by atoms with Crippen molar-refractivity contribution in [1.29, 1.82) is 0 Å². The molecule has 4 aliphatic rings. The lowest BCUT2D eigenvalue weighted by molar-refractivity contribution is -0.238. The van der Waals surface area contributed by atoms with E-state index < -0.39 is 0 Å². The second kappa shape index (κ2) is 3.73. The molecule has 1 saturated heterocycles. The summed E-state index contributed by atoms with van der Waals surface area (Å²) in [5.74, 6) is 0.795. The summed E-state index contributed by atoms with van der Waals surface area (Å²) in [7, 11) is 3.22. The Hall–Kier alpha value is -0.610. The van der Waals surface area contributed by atoms with Gasteiger partial charge in [0.25, 0.3) is 0 Å². The van der Waals surface area contributed by atoms with Crippen LogP contribution in [-0.2, 0) is 19.0 Å². The molecule has 4 nitrogen and oxygen atoms in total. The lowest BCUT2D eigenvalue weighted by Crippen LogP contribution is -2.46. The Morgan fingerprint density at radius 3 is 2.74 bits per heavy atom. The van der Waals surface area contributed by atoms with Crippen LogP contribution in [0.2, 0.25) is 0 Å². The molecule has 4 heteroatoms. The van der Waals surface area contributed by atoms with Crippen LogP contribution in [0, 0.1) is 22.7 Å². The van der Waals surface area contributed by atoms with Crippen LogP contribution >= 0.6 is 0 Å². The Balaban J connectivity index is 1.68. The molecule has 1 heterocycles. The Morgan fingerprint density at radius 1 is 1.21 bits per heavy atom. The highest BCUT2D eigenvalue weighted by molar-refractivity contribution is 5.91. The highest BCUT2D eigenvalue weighted by Crippen LogP contribution is 2.96. The van der Waals surface area contributed by atoms with Gasteiger partial charge in [-0.05, 0) is 18.8 Å². The topological polar surface area (TPSA) is 44.8 Å². The fourth-order valence-corrected chi connectivity index (χ4v) is 5.50. The summed E-state index contributed by atoms with van der Waals surface area (Å²) in [4.78, 5) is 12.3. The molecule has 0 aromatic carbocycles. The lowest BCUT2D eigenvalue weighted by atomic mass is 9.80. The van der Waals surface area contributed by atoms with Crippen LogP contribution in [-0.4, -0.2) is 32.6 Å². The van der Waals surface area contributed by atoms with E-state index in [-0.39, 0.29) is 29.2 Å². The first-order valence-electron chi connectivity index (χ1n) is 7.52. The molecule has 0 aromatic heterocycles. The van der Waals surface area contributed by atoms with Crippen molar-refractivity contribution in [3.05, 3.63) is 0 Å². The van der Waals surface area contributed by atoms with Crippen LogP contribution in [0.15, 0.2) is 0 Å². The standard InChI is InChI=1S/C15H22O4/c1-17-11-9-7-5-3-4-6-8-14-10(9)15(14,12(14)19-11)13(16)18-2/h9-12H,3-8H2,1-2H3/t9-,10-,11-,12+,14-,15+/m1/s1. The molecule has 3 aliphatic carbocycles. The Labute approximate surface area is 113 Å². The highest BCUT2D eigenvalue weighted by Gasteiger charge is 3.05. The van der Waals surface area contributed by atoms with Crippen molar-refractivity contribution >= 4 is 5.97 Å². The van der Waals surface area contributed by atoms with Crippen LogP contribution in [0.4, 0.5) is 0 Å². The van der Waals surface area contributed by atoms with Gasteiger partial charge in [0, 0.05) is 18.4 Å². The molecule has 2 bridgehead atoms. The van der Waals surface area contributed by atoms with Gasteiger partial charge in [-0.1, -0.05) is 25.7 Å². The molecule has 3 saturated carbocycles. The average Bonchev–Trinajstić information content (AvgIpc) is 3.25. The predicted molar refractivity (Wildman–Crippen MR) is 67.2 cm³/mol. The molecule has 19 heavy (non-hydrogen) atoms. The summed E-state index contributed by atoms with van der Waals surface area (Å²) in [6, 6.07) is 0. The van der Waals surface area contributed by atoms with Gasteiger partial charge >= 0.3 is 5.97 Å². The molecule has 0 N–H and O–H groups in total. The molecule has 1 aliphatic heterocycles. The van der Waals surface area contributed by atoms with Crippen LogP contribution in [0.5, 0.6) is 0 Å². The molecule has 106 valence electrons. The second-order valence-electron chi connectivity index (χ2n) is 6.62. The molecule has 0 unspecified atom stereocenters. The number of carbonyl (C=O) groups excluding carboxylic acids is 1. The molecular weight excluding hydrogens is 244 g/mol. The Morgan fingerprint density at radius 2 is 2.00 bits per heavy atom. The summed E-state index contributed by atoms with van der Waals surface area (Å²) >= 11 is 0. The van der Waals surface area contributed by atoms with Gasteiger partial charge in [0.2, 0.25) is 0 Å². The number of fused-ring (bicyclic) bond motifs is 1. The molecule has 0 aromatic rings. The molecule has 0 radical (unpaired) electrons. The van der Waals surface area contributed by atoms with Crippen molar-refractivity contribution in [2.24, 2.45) is 22.7 Å². The zero-order valence-corrected chi connectivity index (χ0v) is 11.7. The minimum absolute atomic E-state index is 0.0392. The average molecular weight is 266 g/mol. The van der Waals surface area contributed by atoms with Crippen molar-refractivity contribution in [2.45, 2.75) is 50.9 Å². The van der Waals surface area contributed by atoms with E-state index in [0.29, 0.717) is 11.8 Å². The predicted octanol–water partition coefficient (Wildman–Crippen LogP) is 2.12. The number of carbonyl (C=O) groups is 1. The normalized spacial score (nSPS) is 54.2. The minimum atomic E-state index is -0.293. The maximum absolute atomic E-state index is 12.3. The molecule has 0 amide bonds. The lowest BCUT2D eigenvalue weighted by Gasteiger charge is -2.40. The van der Waals surface area contributed by atoms with Crippen LogP contribution in [0.25, 0.3) is 0 Å². The molecule has 1 spiro atoms. The maximum Gasteiger partial charge on any atom is 0.315 e. The third kappa shape index (κ3) is 1.13. The third-order valence-electron chi connectivity index (χ3n) is 6.21. The second-order valence-corrected chi connectivity index (χ2v) is 6.62. The summed E-state index contributed by atoms with van der Waals surface area (Å²) in [6.45, 7) is 0. The molecule has 4 rings (SSSR count). The van der Waals surface area contributed by atoms with Crippen molar-refractivity contribution in [1.82, 2.24) is 0 Å². The molecule has 6 atom stereocenters. The summed E-state index contributed by atoms with van der Waals surface area (Å²) < 4.78 is 16.7. The van der Waals surface area contributed by atoms with E-state index in [1.807, 2.05) is 0 Å². The zero-order valence-electron chi connectivity index (χ0n) is 11.7. The van der Waals surface area contributed by atoms with Gasteiger partial charge in [-0.3, -0.25) is 4.79 Å². The quantitative estimate of drug-likeness (QED) is 0.718. The minimum Gasteiger partial charge on any atom is -0.468 e. The van der Waals surface area contributed by atoms with Crippen molar-refractivity contribution in [3.8, 4) is 0 Å². The van der Waals surface area contributed by atoms with Gasteiger partial charge in [0.15, 0.2) is 6.29 Å². The third-order valence-corrected chi connectivity index (χ3v) is 6.21. The van der Waals surface area contributed by atoms with Crippen molar-refractivity contribution in [3.63, 3.8) is 0 Å². The number of rotatable bonds is 2. The van der Waals surface area contributed by atoms with Gasteiger partial charge in [-0.2, -0.15) is 0 Å². The highest BCUT2D eigenvalue weighted by atomic mass is 16.7. The summed E-state index contributed by atoms with van der Waals surface area (Å²) in [5, 5.41) is 0. The van der Waals surface area contributed by atoms with Crippen molar-refractivity contribution < 1.29 is 19.0 Å². The largest absolute Gasteiger partial charge is 0.468 e. The van der Waals surface area contributed by atoms with Gasteiger partial charge in [-0.15, -0.1) is 0 Å². The van der Waals surface area contributed by atoms with Gasteiger partial charge in [0.1, 0.15) is 5.41 Å². The first kappa shape index (κ1) is 12.2. The van der Waals surface area contributed by atoms with Crippen molar-refractivity contribution in [2.75, 3.05) is 14.2 Å². The zero-order chi connectivity index (χ0) is 13.3. The fourth-order valence-electron chi connectivity index (χ4n) is 5.50. The SMILES string of the molecule is COC(=O)[C@@]12[C@@H]3[C@H]4CCCCCC[C@]31[C@@H]2O[C@H]4OC. The van der Waals surface area contributed by atoms with Gasteiger partial charge < -0.3 is 14.2 Å². The smallest absolute Gasteiger partial charge is 0.315 e. The first-order chi connectivity index (χ1) is 9.25. The van der Waals surface area contributed by atoms with Crippen LogP contribution in [0.1, 0.15) is 38.5 Å². The van der Waals surface area contributed by atoms with Crippen LogP contribution < -0.4 is 0 Å². The summed E-state index contributed by atoms with van der Waals surface area (Å²) in [5.41, 5.74) is -0.178. The number of methoxy groups -OCH3 is 2. The summed E-state index contributed by atoms with van der Waals surface area (Å²) in [6.07, 6.45) is 7.23. The van der Waals surface area contributed by atoms with E-state index in [1.165, 1.54) is 32.8 Å². The van der Waals surface area contributed by atoms with Gasteiger partial charge in [-0.25, -0.2) is 0 Å². The van der Waals surface area contributed by atoms with E-state index in [1.54, 1.807) is 7.11 Å². The molecule has 4 fully saturated rings. The van der Waals surface area contributed by atoms with Crippen LogP contribution in [0.3, 0.4) is 0 Å². The monoisotopic (exact) mass is 266 g/mol. The van der Waals surface area contributed by atoms with E-state index in [0.717, 1.165) is 12.8 Å². The Kier molecular flexibility index (Phi) is 2.39. The Bertz CT molecular complexity index is 422. The number of ether oxygens (including phenoxy) is 3. The first-order valence-corrected chi connectivity index (χ1v) is 7.52. The fraction of sp³-hybridized carbons (Fsp3) is 0.933. The number of hydrogen-bond acceptors (Lipinski definition) is 4. The number of hydrogen-bond donors (Lipinski definition) is 0.